The van der Waals surface area contributed by atoms with Gasteiger partial charge in [0, 0.05) is 25.5 Å². The molecule has 1 unspecified atom stereocenters. The maximum Gasteiger partial charge on any atom is 0.203 e. The van der Waals surface area contributed by atoms with Crippen molar-refractivity contribution in [3.63, 3.8) is 0 Å². The van der Waals surface area contributed by atoms with Gasteiger partial charge in [-0.2, -0.15) is 0 Å². The van der Waals surface area contributed by atoms with Gasteiger partial charge < -0.3 is 10.1 Å². The van der Waals surface area contributed by atoms with Gasteiger partial charge in [-0.3, -0.25) is 4.40 Å². The van der Waals surface area contributed by atoms with Crippen LogP contribution in [0.15, 0.2) is 18.7 Å². The van der Waals surface area contributed by atoms with Crippen molar-refractivity contribution in [3.8, 4) is 0 Å². The summed E-state index contributed by atoms with van der Waals surface area (Å²) in [5, 5.41) is 11.0. The van der Waals surface area contributed by atoms with Crippen LogP contribution in [0.3, 0.4) is 0 Å². The Balaban J connectivity index is 2.06. The molecule has 6 nitrogen and oxygen atoms in total. The second kappa shape index (κ2) is 4.89. The molecule has 2 aromatic rings. The van der Waals surface area contributed by atoms with E-state index >= 15 is 0 Å². The Kier molecular flexibility index (Phi) is 3.31. The average molecular weight is 221 g/mol. The van der Waals surface area contributed by atoms with E-state index in [1.807, 2.05) is 24.4 Å². The summed E-state index contributed by atoms with van der Waals surface area (Å²) < 4.78 is 7.24. The minimum atomic E-state index is 0.148. The van der Waals surface area contributed by atoms with Gasteiger partial charge >= 0.3 is 0 Å². The predicted octanol–water partition coefficient (Wildman–Crippen LogP) is 0.961. The van der Waals surface area contributed by atoms with E-state index in [1.54, 1.807) is 12.5 Å². The number of hydrogen-bond donors (Lipinski definition) is 1. The fourth-order valence-electron chi connectivity index (χ4n) is 1.47. The maximum absolute atomic E-state index is 5.42. The van der Waals surface area contributed by atoms with Crippen molar-refractivity contribution in [2.24, 2.45) is 0 Å². The molecule has 86 valence electrons. The first-order chi connectivity index (χ1) is 7.81. The third-order valence-electron chi connectivity index (χ3n) is 2.22. The Morgan fingerprint density at radius 3 is 3.25 bits per heavy atom. The Labute approximate surface area is 93.7 Å². The third-order valence-corrected chi connectivity index (χ3v) is 2.22. The summed E-state index contributed by atoms with van der Waals surface area (Å²) in [6, 6.07) is 0. The highest BCUT2D eigenvalue weighted by atomic mass is 16.5. The van der Waals surface area contributed by atoms with Gasteiger partial charge in [-0.05, 0) is 13.8 Å². The highest BCUT2D eigenvalue weighted by Gasteiger charge is 2.06. The first kappa shape index (κ1) is 10.8. The number of nitrogens with one attached hydrogen (secondary N) is 1. The Bertz CT molecular complexity index is 455. The summed E-state index contributed by atoms with van der Waals surface area (Å²) in [6.07, 6.45) is 5.32. The molecule has 0 amide bonds. The van der Waals surface area contributed by atoms with Crippen LogP contribution in [0.1, 0.15) is 13.8 Å². The summed E-state index contributed by atoms with van der Waals surface area (Å²) in [5.41, 5.74) is 0.728. The lowest BCUT2D eigenvalue weighted by Crippen LogP contribution is -2.20. The molecule has 2 rings (SSSR count). The van der Waals surface area contributed by atoms with E-state index in [0.717, 1.165) is 11.5 Å². The zero-order valence-corrected chi connectivity index (χ0v) is 9.42. The fraction of sp³-hybridized carbons (Fsp3) is 0.500. The molecule has 0 saturated carbocycles. The number of fused-ring (bicyclic) bond motifs is 1. The molecular formula is C10H15N5O. The summed E-state index contributed by atoms with van der Waals surface area (Å²) >= 11 is 0. The highest BCUT2D eigenvalue weighted by Crippen LogP contribution is 2.09. The second-order valence-electron chi connectivity index (χ2n) is 3.48. The van der Waals surface area contributed by atoms with E-state index in [4.69, 9.17) is 4.74 Å². The van der Waals surface area contributed by atoms with E-state index in [-0.39, 0.29) is 6.10 Å². The zero-order valence-electron chi connectivity index (χ0n) is 9.42. The van der Waals surface area contributed by atoms with Crippen molar-refractivity contribution in [2.75, 3.05) is 18.5 Å². The van der Waals surface area contributed by atoms with Crippen LogP contribution in [0.2, 0.25) is 0 Å². The quantitative estimate of drug-likeness (QED) is 0.814. The summed E-state index contributed by atoms with van der Waals surface area (Å²) in [7, 11) is 0. The molecule has 2 heterocycles. The summed E-state index contributed by atoms with van der Waals surface area (Å²) in [5.74, 6) is 0.728. The lowest BCUT2D eigenvalue weighted by atomic mass is 10.4. The van der Waals surface area contributed by atoms with Gasteiger partial charge in [-0.1, -0.05) is 0 Å². The number of ether oxygens (including phenoxy) is 1. The average Bonchev–Trinajstić information content (AvgIpc) is 2.75. The standard InChI is InChI=1S/C10H15N5O/c1-3-16-8(2)6-12-9-10-14-13-7-15(10)5-4-11-9/h4-5,7-8H,3,6H2,1-2H3,(H,11,12). The van der Waals surface area contributed by atoms with Crippen LogP contribution < -0.4 is 5.32 Å². The van der Waals surface area contributed by atoms with Crippen LogP contribution in [0, 0.1) is 0 Å². The topological polar surface area (TPSA) is 64.3 Å². The molecule has 0 aliphatic carbocycles. The predicted molar refractivity (Wildman–Crippen MR) is 60.4 cm³/mol. The molecule has 0 bridgehead atoms. The van der Waals surface area contributed by atoms with Gasteiger partial charge in [0.25, 0.3) is 0 Å². The van der Waals surface area contributed by atoms with Crippen LogP contribution >= 0.6 is 0 Å². The summed E-state index contributed by atoms with van der Waals surface area (Å²) in [4.78, 5) is 4.22. The highest BCUT2D eigenvalue weighted by molar-refractivity contribution is 5.61. The Morgan fingerprint density at radius 2 is 2.44 bits per heavy atom. The van der Waals surface area contributed by atoms with Crippen LogP contribution in [0.4, 0.5) is 5.82 Å². The third kappa shape index (κ3) is 2.27. The molecule has 0 saturated heterocycles. The van der Waals surface area contributed by atoms with E-state index < -0.39 is 0 Å². The van der Waals surface area contributed by atoms with E-state index in [0.29, 0.717) is 13.2 Å². The van der Waals surface area contributed by atoms with Crippen molar-refractivity contribution < 1.29 is 4.74 Å². The number of aromatic nitrogens is 4. The van der Waals surface area contributed by atoms with Gasteiger partial charge in [0.2, 0.25) is 5.65 Å². The Hall–Kier alpha value is -1.69. The van der Waals surface area contributed by atoms with Crippen molar-refractivity contribution in [1.82, 2.24) is 19.6 Å². The van der Waals surface area contributed by atoms with Crippen LogP contribution in [0.25, 0.3) is 5.65 Å². The molecule has 0 aliphatic rings. The maximum atomic E-state index is 5.42. The zero-order chi connectivity index (χ0) is 11.4. The van der Waals surface area contributed by atoms with Crippen LogP contribution in [-0.4, -0.2) is 38.8 Å². The molecule has 1 atom stereocenters. The van der Waals surface area contributed by atoms with Crippen molar-refractivity contribution in [3.05, 3.63) is 18.7 Å². The number of rotatable bonds is 5. The smallest absolute Gasteiger partial charge is 0.203 e. The molecule has 0 radical (unpaired) electrons. The minimum Gasteiger partial charge on any atom is -0.377 e. The van der Waals surface area contributed by atoms with Gasteiger partial charge in [0.15, 0.2) is 5.82 Å². The lowest BCUT2D eigenvalue weighted by molar-refractivity contribution is 0.0855. The molecule has 16 heavy (non-hydrogen) atoms. The van der Waals surface area contributed by atoms with E-state index in [1.165, 1.54) is 0 Å². The first-order valence-corrected chi connectivity index (χ1v) is 5.31. The van der Waals surface area contributed by atoms with Gasteiger partial charge in [0.05, 0.1) is 6.10 Å². The number of anilines is 1. The fourth-order valence-corrected chi connectivity index (χ4v) is 1.47. The van der Waals surface area contributed by atoms with Crippen molar-refractivity contribution >= 4 is 11.5 Å². The normalized spacial score (nSPS) is 12.9. The minimum absolute atomic E-state index is 0.148. The second-order valence-corrected chi connectivity index (χ2v) is 3.48. The van der Waals surface area contributed by atoms with Crippen LogP contribution in [-0.2, 0) is 4.74 Å². The Morgan fingerprint density at radius 1 is 1.56 bits per heavy atom. The molecule has 2 aromatic heterocycles. The van der Waals surface area contributed by atoms with E-state index in [9.17, 15) is 0 Å². The first-order valence-electron chi connectivity index (χ1n) is 5.31. The molecular weight excluding hydrogens is 206 g/mol. The molecule has 0 aromatic carbocycles. The molecule has 0 aliphatic heterocycles. The molecule has 0 spiro atoms. The monoisotopic (exact) mass is 221 g/mol. The molecule has 6 heteroatoms. The summed E-state index contributed by atoms with van der Waals surface area (Å²) in [6.45, 7) is 5.41. The molecule has 1 N–H and O–H groups in total. The number of nitrogens with zero attached hydrogens (tertiary/aromatic N) is 4. The molecule has 0 fully saturated rings. The SMILES string of the molecule is CCOC(C)CNc1nccn2cnnc12. The number of hydrogen-bond acceptors (Lipinski definition) is 5. The van der Waals surface area contributed by atoms with Crippen molar-refractivity contribution in [2.45, 2.75) is 20.0 Å². The van der Waals surface area contributed by atoms with E-state index in [2.05, 4.69) is 20.5 Å². The van der Waals surface area contributed by atoms with Crippen LogP contribution in [0.5, 0.6) is 0 Å². The largest absolute Gasteiger partial charge is 0.377 e. The van der Waals surface area contributed by atoms with Gasteiger partial charge in [-0.25, -0.2) is 4.98 Å². The lowest BCUT2D eigenvalue weighted by Gasteiger charge is -2.12. The van der Waals surface area contributed by atoms with Gasteiger partial charge in [0.1, 0.15) is 6.33 Å². The van der Waals surface area contributed by atoms with Gasteiger partial charge in [-0.15, -0.1) is 10.2 Å². The van der Waals surface area contributed by atoms with Crippen molar-refractivity contribution in [1.29, 1.82) is 0 Å².